The van der Waals surface area contributed by atoms with E-state index in [4.69, 9.17) is 9.88 Å². The third-order valence-electron chi connectivity index (χ3n) is 3.67. The number of sulfonamides is 1. The van der Waals surface area contributed by atoms with E-state index >= 15 is 0 Å². The van der Waals surface area contributed by atoms with E-state index in [-0.39, 0.29) is 17.4 Å². The maximum absolute atomic E-state index is 12.2. The molecular formula is C18H26N4O4S. The van der Waals surface area contributed by atoms with E-state index in [9.17, 15) is 13.2 Å². The summed E-state index contributed by atoms with van der Waals surface area (Å²) in [5.74, 6) is 0.446. The molecule has 0 radical (unpaired) electrons. The average Bonchev–Trinajstić information content (AvgIpc) is 3.03. The van der Waals surface area contributed by atoms with Gasteiger partial charge in [0.1, 0.15) is 11.4 Å². The molecule has 0 saturated heterocycles. The van der Waals surface area contributed by atoms with Crippen LogP contribution in [0.4, 0.5) is 0 Å². The van der Waals surface area contributed by atoms with E-state index in [0.717, 1.165) is 11.4 Å². The van der Waals surface area contributed by atoms with Crippen LogP contribution in [0, 0.1) is 0 Å². The van der Waals surface area contributed by atoms with Crippen molar-refractivity contribution in [1.82, 2.24) is 14.9 Å². The van der Waals surface area contributed by atoms with Crippen LogP contribution in [0.25, 0.3) is 0 Å². The molecule has 0 amide bonds. The Morgan fingerprint density at radius 1 is 1.26 bits per heavy atom. The van der Waals surface area contributed by atoms with E-state index in [2.05, 4.69) is 9.97 Å². The van der Waals surface area contributed by atoms with Gasteiger partial charge in [-0.3, -0.25) is 9.69 Å². The minimum Gasteiger partial charge on any atom is -0.459 e. The van der Waals surface area contributed by atoms with Gasteiger partial charge in [0.05, 0.1) is 18.0 Å². The molecular weight excluding hydrogens is 368 g/mol. The van der Waals surface area contributed by atoms with Gasteiger partial charge in [-0.1, -0.05) is 12.1 Å². The molecule has 0 aliphatic rings. The molecule has 0 saturated carbocycles. The molecule has 2 rings (SSSR count). The van der Waals surface area contributed by atoms with Crippen molar-refractivity contribution in [2.24, 2.45) is 5.14 Å². The lowest BCUT2D eigenvalue weighted by atomic mass is 10.1. The van der Waals surface area contributed by atoms with E-state index in [1.165, 1.54) is 12.1 Å². The van der Waals surface area contributed by atoms with Crippen LogP contribution < -0.4 is 5.14 Å². The maximum Gasteiger partial charge on any atom is 0.320 e. The van der Waals surface area contributed by atoms with Gasteiger partial charge < -0.3 is 9.72 Å². The fourth-order valence-corrected chi connectivity index (χ4v) is 3.02. The molecule has 1 heterocycles. The second-order valence-corrected chi connectivity index (χ2v) is 8.83. The molecule has 27 heavy (non-hydrogen) atoms. The molecule has 0 fully saturated rings. The molecule has 0 spiro atoms. The van der Waals surface area contributed by atoms with Crippen molar-refractivity contribution < 1.29 is 17.9 Å². The number of hydrogen-bond donors (Lipinski definition) is 2. The summed E-state index contributed by atoms with van der Waals surface area (Å²) in [7, 11) is -3.70. The predicted molar refractivity (Wildman–Crippen MR) is 101 cm³/mol. The quantitative estimate of drug-likeness (QED) is 0.654. The minimum atomic E-state index is -3.70. The number of ether oxygens (including phenoxy) is 1. The summed E-state index contributed by atoms with van der Waals surface area (Å²) in [6.07, 6.45) is 4.02. The monoisotopic (exact) mass is 394 g/mol. The first-order chi connectivity index (χ1) is 12.5. The number of nitrogens with one attached hydrogen (secondary N) is 1. The van der Waals surface area contributed by atoms with Crippen LogP contribution >= 0.6 is 0 Å². The van der Waals surface area contributed by atoms with Gasteiger partial charge in [0.15, 0.2) is 0 Å². The summed E-state index contributed by atoms with van der Waals surface area (Å²) < 4.78 is 28.1. The number of primary sulfonamides is 1. The number of nitrogens with two attached hydrogens (primary N) is 1. The topological polar surface area (TPSA) is 118 Å². The lowest BCUT2D eigenvalue weighted by molar-refractivity contribution is -0.156. The molecule has 0 aliphatic heterocycles. The molecule has 0 unspecified atom stereocenters. The van der Waals surface area contributed by atoms with E-state index < -0.39 is 15.6 Å². The lowest BCUT2D eigenvalue weighted by Crippen LogP contribution is -2.36. The number of carbonyl (C=O) groups is 1. The zero-order valence-corrected chi connectivity index (χ0v) is 16.6. The van der Waals surface area contributed by atoms with Gasteiger partial charge in [0.2, 0.25) is 10.0 Å². The Balaban J connectivity index is 2.01. The van der Waals surface area contributed by atoms with Crippen molar-refractivity contribution in [1.29, 1.82) is 0 Å². The summed E-state index contributed by atoms with van der Waals surface area (Å²) in [4.78, 5) is 21.4. The second kappa shape index (κ2) is 8.64. The second-order valence-electron chi connectivity index (χ2n) is 7.27. The van der Waals surface area contributed by atoms with Crippen molar-refractivity contribution in [3.05, 3.63) is 48.0 Å². The van der Waals surface area contributed by atoms with Crippen molar-refractivity contribution in [3.63, 3.8) is 0 Å². The molecule has 9 heteroatoms. The Morgan fingerprint density at radius 3 is 2.44 bits per heavy atom. The van der Waals surface area contributed by atoms with Crippen LogP contribution in [0.5, 0.6) is 0 Å². The molecule has 0 bridgehead atoms. The lowest BCUT2D eigenvalue weighted by Gasteiger charge is -2.24. The largest absolute Gasteiger partial charge is 0.459 e. The number of esters is 1. The Hall–Kier alpha value is -2.23. The molecule has 0 atom stereocenters. The summed E-state index contributed by atoms with van der Waals surface area (Å²) in [6.45, 7) is 6.67. The highest BCUT2D eigenvalue weighted by atomic mass is 32.2. The molecule has 2 aromatic rings. The summed E-state index contributed by atoms with van der Waals surface area (Å²) in [6, 6.07) is 6.40. The van der Waals surface area contributed by atoms with Gasteiger partial charge in [-0.15, -0.1) is 0 Å². The molecule has 8 nitrogen and oxygen atoms in total. The number of hydrogen-bond acceptors (Lipinski definition) is 6. The van der Waals surface area contributed by atoms with E-state index in [1.54, 1.807) is 24.5 Å². The van der Waals surface area contributed by atoms with Gasteiger partial charge >= 0.3 is 5.97 Å². The van der Waals surface area contributed by atoms with Gasteiger partial charge in [0.25, 0.3) is 0 Å². The van der Waals surface area contributed by atoms with Crippen molar-refractivity contribution in [3.8, 4) is 0 Å². The summed E-state index contributed by atoms with van der Waals surface area (Å²) in [5.41, 5.74) is 0.396. The Morgan fingerprint density at radius 2 is 1.93 bits per heavy atom. The normalized spacial score (nSPS) is 12.3. The fourth-order valence-electron chi connectivity index (χ4n) is 2.50. The maximum atomic E-state index is 12.2. The zero-order chi connectivity index (χ0) is 20.1. The van der Waals surface area contributed by atoms with Crippen LogP contribution in [0.1, 0.15) is 32.2 Å². The number of nitrogens with zero attached hydrogens (tertiary/aromatic N) is 2. The SMILES string of the molecule is CC(C)(C)OC(=O)CN(CCc1ccc(S(N)(=O)=O)cc1)Cc1ncc[nH]1. The van der Waals surface area contributed by atoms with Gasteiger partial charge in [-0.2, -0.15) is 0 Å². The summed E-state index contributed by atoms with van der Waals surface area (Å²) in [5, 5.41) is 5.11. The van der Waals surface area contributed by atoms with Gasteiger partial charge in [0, 0.05) is 18.9 Å². The first kappa shape index (κ1) is 21.1. The Bertz CT molecular complexity index is 840. The molecule has 1 aromatic carbocycles. The van der Waals surface area contributed by atoms with Gasteiger partial charge in [-0.25, -0.2) is 18.5 Å². The third-order valence-corrected chi connectivity index (χ3v) is 4.60. The van der Waals surface area contributed by atoms with Crippen molar-refractivity contribution >= 4 is 16.0 Å². The highest BCUT2D eigenvalue weighted by molar-refractivity contribution is 7.89. The highest BCUT2D eigenvalue weighted by Crippen LogP contribution is 2.12. The van der Waals surface area contributed by atoms with Crippen molar-refractivity contribution in [2.45, 2.75) is 44.2 Å². The van der Waals surface area contributed by atoms with E-state index in [1.807, 2.05) is 25.7 Å². The van der Waals surface area contributed by atoms with Crippen LogP contribution in [0.2, 0.25) is 0 Å². The Labute approximate surface area is 159 Å². The number of H-pyrrole nitrogens is 1. The molecule has 1 aromatic heterocycles. The standard InChI is InChI=1S/C18H26N4O4S/c1-18(2,3)26-17(23)13-22(12-16-20-9-10-21-16)11-8-14-4-6-15(7-5-14)27(19,24)25/h4-7,9-10H,8,11-13H2,1-3H3,(H,20,21)(H2,19,24,25). The van der Waals surface area contributed by atoms with Gasteiger partial charge in [-0.05, 0) is 44.9 Å². The van der Waals surface area contributed by atoms with Crippen LogP contribution in [-0.4, -0.2) is 47.9 Å². The van der Waals surface area contributed by atoms with Crippen molar-refractivity contribution in [2.75, 3.05) is 13.1 Å². The predicted octanol–water partition coefficient (Wildman–Crippen LogP) is 1.44. The molecule has 0 aliphatic carbocycles. The number of rotatable bonds is 8. The first-order valence-corrected chi connectivity index (χ1v) is 10.1. The number of benzene rings is 1. The fraction of sp³-hybridized carbons (Fsp3) is 0.444. The smallest absolute Gasteiger partial charge is 0.320 e. The van der Waals surface area contributed by atoms with Crippen LogP contribution in [-0.2, 0) is 32.5 Å². The number of imidazole rings is 1. The van der Waals surface area contributed by atoms with E-state index in [0.29, 0.717) is 19.5 Å². The first-order valence-electron chi connectivity index (χ1n) is 8.57. The highest BCUT2D eigenvalue weighted by Gasteiger charge is 2.19. The molecule has 148 valence electrons. The number of aromatic nitrogens is 2. The number of carbonyl (C=O) groups excluding carboxylic acids is 1. The molecule has 3 N–H and O–H groups in total. The zero-order valence-electron chi connectivity index (χ0n) is 15.8. The number of aromatic amines is 1. The van der Waals surface area contributed by atoms with Crippen LogP contribution in [0.15, 0.2) is 41.6 Å². The Kier molecular flexibility index (Phi) is 6.74. The third kappa shape index (κ3) is 7.49. The minimum absolute atomic E-state index is 0.0763. The average molecular weight is 394 g/mol. The van der Waals surface area contributed by atoms with Crippen LogP contribution in [0.3, 0.4) is 0 Å². The summed E-state index contributed by atoms with van der Waals surface area (Å²) >= 11 is 0.